The zero-order valence-electron chi connectivity index (χ0n) is 13.0. The smallest absolute Gasteiger partial charge is 0.225 e. The van der Waals surface area contributed by atoms with Crippen LogP contribution in [-0.2, 0) is 4.79 Å². The molecule has 0 aliphatic carbocycles. The van der Waals surface area contributed by atoms with Gasteiger partial charge < -0.3 is 10.1 Å². The Morgan fingerprint density at radius 3 is 2.62 bits per heavy atom. The Balaban J connectivity index is 1.90. The van der Waals surface area contributed by atoms with Crippen molar-refractivity contribution in [2.75, 3.05) is 13.2 Å². The average molecular weight is 285 g/mol. The number of ether oxygens (including phenoxy) is 1. The minimum Gasteiger partial charge on any atom is -0.491 e. The molecule has 0 bridgehead atoms. The van der Waals surface area contributed by atoms with Gasteiger partial charge in [-0.15, -0.1) is 0 Å². The van der Waals surface area contributed by atoms with Crippen LogP contribution in [0.4, 0.5) is 0 Å². The average Bonchev–Trinajstić information content (AvgIpc) is 2.51. The van der Waals surface area contributed by atoms with Gasteiger partial charge in [0.15, 0.2) is 0 Å². The Labute approximate surface area is 126 Å². The van der Waals surface area contributed by atoms with Gasteiger partial charge in [-0.05, 0) is 17.9 Å². The van der Waals surface area contributed by atoms with Crippen molar-refractivity contribution in [3.63, 3.8) is 0 Å². The molecule has 0 spiro atoms. The van der Waals surface area contributed by atoms with Gasteiger partial charge in [0.05, 0.1) is 6.54 Å². The standard InChI is InChI=1S/C18H23NO2/c1-4-18(2,3)17(20)19-12-13-21-16-11-7-9-14-8-5-6-10-15(14)16/h5-11H,4,12-13H2,1-3H3,(H,19,20). The van der Waals surface area contributed by atoms with E-state index >= 15 is 0 Å². The minimum atomic E-state index is -0.320. The normalized spacial score (nSPS) is 11.4. The molecule has 0 fully saturated rings. The SMILES string of the molecule is CCC(C)(C)C(=O)NCCOc1cccc2ccccc12. The summed E-state index contributed by atoms with van der Waals surface area (Å²) in [6.45, 7) is 6.92. The highest BCUT2D eigenvalue weighted by Crippen LogP contribution is 2.25. The van der Waals surface area contributed by atoms with Crippen molar-refractivity contribution in [3.8, 4) is 5.75 Å². The molecule has 3 nitrogen and oxygen atoms in total. The summed E-state index contributed by atoms with van der Waals surface area (Å²) in [5.41, 5.74) is -0.320. The van der Waals surface area contributed by atoms with Crippen molar-refractivity contribution in [1.29, 1.82) is 0 Å². The molecule has 1 N–H and O–H groups in total. The number of fused-ring (bicyclic) bond motifs is 1. The molecule has 0 aromatic heterocycles. The molecule has 0 saturated heterocycles. The van der Waals surface area contributed by atoms with Gasteiger partial charge in [0.2, 0.25) is 5.91 Å². The number of amides is 1. The predicted molar refractivity (Wildman–Crippen MR) is 86.5 cm³/mol. The minimum absolute atomic E-state index is 0.0755. The molecule has 112 valence electrons. The van der Waals surface area contributed by atoms with Crippen LogP contribution in [0.5, 0.6) is 5.75 Å². The molecular formula is C18H23NO2. The summed E-state index contributed by atoms with van der Waals surface area (Å²) in [5, 5.41) is 5.18. The number of benzene rings is 2. The molecule has 0 saturated carbocycles. The van der Waals surface area contributed by atoms with Gasteiger partial charge in [-0.3, -0.25) is 4.79 Å². The van der Waals surface area contributed by atoms with Crippen LogP contribution in [0.2, 0.25) is 0 Å². The zero-order valence-corrected chi connectivity index (χ0v) is 13.0. The molecule has 0 aliphatic heterocycles. The maximum absolute atomic E-state index is 12.0. The lowest BCUT2D eigenvalue weighted by Gasteiger charge is -2.21. The molecule has 0 heterocycles. The predicted octanol–water partition coefficient (Wildman–Crippen LogP) is 3.77. The van der Waals surface area contributed by atoms with E-state index in [-0.39, 0.29) is 11.3 Å². The third-order valence-electron chi connectivity index (χ3n) is 3.89. The van der Waals surface area contributed by atoms with Crippen LogP contribution in [0.3, 0.4) is 0 Å². The first kappa shape index (κ1) is 15.4. The number of carbonyl (C=O) groups is 1. The molecule has 0 aliphatic rings. The Bertz CT molecular complexity index is 614. The number of rotatable bonds is 6. The maximum Gasteiger partial charge on any atom is 0.225 e. The number of nitrogens with one attached hydrogen (secondary N) is 1. The molecule has 2 aromatic rings. The van der Waals surface area contributed by atoms with Gasteiger partial charge in [0.1, 0.15) is 12.4 Å². The highest BCUT2D eigenvalue weighted by Gasteiger charge is 2.24. The lowest BCUT2D eigenvalue weighted by Crippen LogP contribution is -2.38. The highest BCUT2D eigenvalue weighted by atomic mass is 16.5. The molecule has 0 atom stereocenters. The molecule has 21 heavy (non-hydrogen) atoms. The second-order valence-corrected chi connectivity index (χ2v) is 5.82. The van der Waals surface area contributed by atoms with Crippen molar-refractivity contribution in [3.05, 3.63) is 42.5 Å². The first-order valence-corrected chi connectivity index (χ1v) is 7.43. The van der Waals surface area contributed by atoms with E-state index in [0.717, 1.165) is 22.9 Å². The second kappa shape index (κ2) is 6.61. The van der Waals surface area contributed by atoms with E-state index in [9.17, 15) is 4.79 Å². The van der Waals surface area contributed by atoms with E-state index in [0.29, 0.717) is 13.2 Å². The van der Waals surface area contributed by atoms with Crippen molar-refractivity contribution in [2.45, 2.75) is 27.2 Å². The van der Waals surface area contributed by atoms with Crippen LogP contribution in [0.1, 0.15) is 27.2 Å². The second-order valence-electron chi connectivity index (χ2n) is 5.82. The van der Waals surface area contributed by atoms with Gasteiger partial charge in [0.25, 0.3) is 0 Å². The van der Waals surface area contributed by atoms with Crippen molar-refractivity contribution in [1.82, 2.24) is 5.32 Å². The fourth-order valence-corrected chi connectivity index (χ4v) is 2.05. The van der Waals surface area contributed by atoms with Gasteiger partial charge >= 0.3 is 0 Å². The van der Waals surface area contributed by atoms with E-state index in [1.165, 1.54) is 0 Å². The first-order valence-electron chi connectivity index (χ1n) is 7.43. The van der Waals surface area contributed by atoms with Gasteiger partial charge in [-0.2, -0.15) is 0 Å². The first-order chi connectivity index (χ1) is 10.0. The molecule has 2 rings (SSSR count). The Morgan fingerprint density at radius 2 is 1.86 bits per heavy atom. The summed E-state index contributed by atoms with van der Waals surface area (Å²) in [5.74, 6) is 0.934. The van der Waals surface area contributed by atoms with Crippen molar-refractivity contribution < 1.29 is 9.53 Å². The van der Waals surface area contributed by atoms with Crippen molar-refractivity contribution in [2.24, 2.45) is 5.41 Å². The Morgan fingerprint density at radius 1 is 1.14 bits per heavy atom. The van der Waals surface area contributed by atoms with Crippen LogP contribution in [0.25, 0.3) is 10.8 Å². The van der Waals surface area contributed by atoms with E-state index in [1.54, 1.807) is 0 Å². The van der Waals surface area contributed by atoms with E-state index < -0.39 is 0 Å². The number of carbonyl (C=O) groups excluding carboxylic acids is 1. The Hall–Kier alpha value is -2.03. The zero-order chi connectivity index (χ0) is 15.3. The third-order valence-corrected chi connectivity index (χ3v) is 3.89. The van der Waals surface area contributed by atoms with Gasteiger partial charge in [-0.25, -0.2) is 0 Å². The topological polar surface area (TPSA) is 38.3 Å². The summed E-state index contributed by atoms with van der Waals surface area (Å²) in [4.78, 5) is 12.0. The maximum atomic E-state index is 12.0. The lowest BCUT2D eigenvalue weighted by atomic mass is 9.89. The largest absolute Gasteiger partial charge is 0.491 e. The van der Waals surface area contributed by atoms with Crippen LogP contribution in [0.15, 0.2) is 42.5 Å². The summed E-state index contributed by atoms with van der Waals surface area (Å²) in [7, 11) is 0. The summed E-state index contributed by atoms with van der Waals surface area (Å²) < 4.78 is 5.80. The summed E-state index contributed by atoms with van der Waals surface area (Å²) in [6.07, 6.45) is 0.822. The fraction of sp³-hybridized carbons (Fsp3) is 0.389. The van der Waals surface area contributed by atoms with E-state index in [4.69, 9.17) is 4.74 Å². The summed E-state index contributed by atoms with van der Waals surface area (Å²) >= 11 is 0. The lowest BCUT2D eigenvalue weighted by molar-refractivity contribution is -0.129. The molecule has 3 heteroatoms. The van der Waals surface area contributed by atoms with Crippen LogP contribution >= 0.6 is 0 Å². The molecule has 0 unspecified atom stereocenters. The molecule has 1 amide bonds. The van der Waals surface area contributed by atoms with E-state index in [2.05, 4.69) is 17.4 Å². The molecular weight excluding hydrogens is 262 g/mol. The number of hydrogen-bond acceptors (Lipinski definition) is 2. The number of hydrogen-bond donors (Lipinski definition) is 1. The summed E-state index contributed by atoms with van der Waals surface area (Å²) in [6, 6.07) is 14.1. The quantitative estimate of drug-likeness (QED) is 0.820. The molecule has 0 radical (unpaired) electrons. The monoisotopic (exact) mass is 285 g/mol. The van der Waals surface area contributed by atoms with Crippen LogP contribution in [0, 0.1) is 5.41 Å². The van der Waals surface area contributed by atoms with Gasteiger partial charge in [-0.1, -0.05) is 57.2 Å². The fourth-order valence-electron chi connectivity index (χ4n) is 2.05. The molecule has 2 aromatic carbocycles. The van der Waals surface area contributed by atoms with Gasteiger partial charge in [0, 0.05) is 10.8 Å². The van der Waals surface area contributed by atoms with Crippen LogP contribution in [-0.4, -0.2) is 19.1 Å². The van der Waals surface area contributed by atoms with Crippen LogP contribution < -0.4 is 10.1 Å². The Kier molecular flexibility index (Phi) is 4.84. The highest BCUT2D eigenvalue weighted by molar-refractivity contribution is 5.88. The van der Waals surface area contributed by atoms with E-state index in [1.807, 2.05) is 51.1 Å². The third kappa shape index (κ3) is 3.75. The van der Waals surface area contributed by atoms with Crippen molar-refractivity contribution >= 4 is 16.7 Å².